The van der Waals surface area contributed by atoms with Crippen LogP contribution in [0.1, 0.15) is 50.9 Å². The van der Waals surface area contributed by atoms with Gasteiger partial charge in [-0.25, -0.2) is 0 Å². The lowest BCUT2D eigenvalue weighted by Gasteiger charge is -2.08. The van der Waals surface area contributed by atoms with Gasteiger partial charge in [-0.1, -0.05) is 27.7 Å². The van der Waals surface area contributed by atoms with Gasteiger partial charge in [0.25, 0.3) is 0 Å². The van der Waals surface area contributed by atoms with Crippen molar-refractivity contribution in [2.24, 2.45) is 0 Å². The van der Waals surface area contributed by atoms with Crippen molar-refractivity contribution in [3.05, 3.63) is 20.3 Å². The van der Waals surface area contributed by atoms with E-state index in [0.29, 0.717) is 8.95 Å². The lowest BCUT2D eigenvalue weighted by Crippen LogP contribution is -2.30. The predicted octanol–water partition coefficient (Wildman–Crippen LogP) is 3.34. The van der Waals surface area contributed by atoms with Gasteiger partial charge in [0.15, 0.2) is 0 Å². The Kier molecular flexibility index (Phi) is 5.57. The topological polar surface area (TPSA) is 96.1 Å². The third kappa shape index (κ3) is 3.66. The number of hydrogen-bond donors (Lipinski definition) is 3. The van der Waals surface area contributed by atoms with Crippen molar-refractivity contribution < 1.29 is 14.3 Å². The average Bonchev–Trinajstić information content (AvgIpc) is 2.95. The summed E-state index contributed by atoms with van der Waals surface area (Å²) in [6.45, 7) is 8.07. The second-order valence-electron chi connectivity index (χ2n) is 5.36. The van der Waals surface area contributed by atoms with E-state index < -0.39 is 7.32 Å². The first-order valence-electron chi connectivity index (χ1n) is 6.80. The second-order valence-corrected chi connectivity index (χ2v) is 6.95. The van der Waals surface area contributed by atoms with E-state index >= 15 is 0 Å². The van der Waals surface area contributed by atoms with Crippen molar-refractivity contribution in [2.75, 3.05) is 0 Å². The molecule has 0 atom stereocenters. The van der Waals surface area contributed by atoms with Gasteiger partial charge < -0.3 is 14.3 Å². The first-order valence-corrected chi connectivity index (χ1v) is 8.38. The maximum atomic E-state index is 9.91. The van der Waals surface area contributed by atoms with E-state index in [1.54, 1.807) is 0 Å². The fraction of sp³-hybridized carbons (Fsp3) is 0.500. The molecule has 0 spiro atoms. The van der Waals surface area contributed by atoms with E-state index in [0.717, 1.165) is 11.4 Å². The molecule has 2 heterocycles. The summed E-state index contributed by atoms with van der Waals surface area (Å²) < 4.78 is 11.9. The van der Waals surface area contributed by atoms with E-state index in [4.69, 9.17) is 9.31 Å². The monoisotopic (exact) mass is 434 g/mol. The number of aromatic nitrogens is 4. The van der Waals surface area contributed by atoms with Crippen LogP contribution in [-0.4, -0.2) is 32.7 Å². The van der Waals surface area contributed by atoms with E-state index in [1.165, 1.54) is 0 Å². The molecule has 0 radical (unpaired) electrons. The van der Waals surface area contributed by atoms with Crippen LogP contribution < -0.4 is 9.31 Å². The van der Waals surface area contributed by atoms with Crippen LogP contribution in [0.25, 0.3) is 0 Å². The Morgan fingerprint density at radius 3 is 1.55 bits per heavy atom. The molecule has 10 heteroatoms. The minimum absolute atomic E-state index is 0.229. The molecule has 0 aromatic carbocycles. The summed E-state index contributed by atoms with van der Waals surface area (Å²) in [6.07, 6.45) is 0. The lowest BCUT2D eigenvalue weighted by atomic mass is 10.1. The van der Waals surface area contributed by atoms with Gasteiger partial charge >= 0.3 is 7.32 Å². The SMILES string of the molecule is CC(C)c1[nH]nc(OB(O)Oc2n[nH]c(C(C)C)c2Br)c1Br. The second kappa shape index (κ2) is 7.05. The molecule has 0 saturated heterocycles. The Balaban J connectivity index is 2.06. The van der Waals surface area contributed by atoms with Gasteiger partial charge in [0.1, 0.15) is 8.95 Å². The minimum atomic E-state index is -1.53. The highest BCUT2D eigenvalue weighted by molar-refractivity contribution is 9.11. The van der Waals surface area contributed by atoms with Gasteiger partial charge in [-0.3, -0.25) is 10.2 Å². The summed E-state index contributed by atoms with van der Waals surface area (Å²) in [5.74, 6) is 0.941. The summed E-state index contributed by atoms with van der Waals surface area (Å²) in [5.41, 5.74) is 1.76. The molecule has 0 saturated carbocycles. The van der Waals surface area contributed by atoms with Gasteiger partial charge in [-0.15, -0.1) is 10.2 Å². The predicted molar refractivity (Wildman–Crippen MR) is 90.0 cm³/mol. The maximum absolute atomic E-state index is 9.91. The number of aromatic amines is 2. The number of hydrogen-bond acceptors (Lipinski definition) is 5. The standard InChI is InChI=1S/C12H17BBr2N4O3/c1-5(2)9-7(14)11(18-16-9)21-13(20)22-12-8(15)10(6(3)4)17-19-12/h5-6,20H,1-4H3,(H,16,18)(H,17,19). The third-order valence-corrected chi connectivity index (χ3v) is 4.52. The van der Waals surface area contributed by atoms with E-state index in [2.05, 4.69) is 52.3 Å². The van der Waals surface area contributed by atoms with Crippen LogP contribution in [0.3, 0.4) is 0 Å². The summed E-state index contributed by atoms with van der Waals surface area (Å²) >= 11 is 6.77. The fourth-order valence-electron chi connectivity index (χ4n) is 1.79. The van der Waals surface area contributed by atoms with Gasteiger partial charge in [0, 0.05) is 0 Å². The minimum Gasteiger partial charge on any atom is -0.484 e. The summed E-state index contributed by atoms with van der Waals surface area (Å²) in [4.78, 5) is 0. The van der Waals surface area contributed by atoms with Crippen molar-refractivity contribution >= 4 is 39.2 Å². The zero-order valence-corrected chi connectivity index (χ0v) is 15.8. The van der Waals surface area contributed by atoms with Gasteiger partial charge in [-0.2, -0.15) is 0 Å². The molecule has 0 aliphatic carbocycles. The fourth-order valence-corrected chi connectivity index (χ4v) is 3.24. The number of nitrogens with zero attached hydrogens (tertiary/aromatic N) is 2. The Labute approximate surface area is 145 Å². The molecule has 2 aromatic rings. The molecule has 0 amide bonds. The molecule has 120 valence electrons. The van der Waals surface area contributed by atoms with Gasteiger partial charge in [-0.05, 0) is 43.7 Å². The van der Waals surface area contributed by atoms with Crippen molar-refractivity contribution in [1.82, 2.24) is 20.4 Å². The number of halogens is 2. The molecule has 0 aliphatic rings. The quantitative estimate of drug-likeness (QED) is 0.605. The number of H-pyrrole nitrogens is 2. The Bertz CT molecular complexity index is 590. The zero-order chi connectivity index (χ0) is 16.4. The number of rotatable bonds is 6. The summed E-state index contributed by atoms with van der Waals surface area (Å²) in [5, 5.41) is 23.6. The largest absolute Gasteiger partial charge is 0.787 e. The molecule has 7 nitrogen and oxygen atoms in total. The highest BCUT2D eigenvalue weighted by atomic mass is 79.9. The zero-order valence-electron chi connectivity index (χ0n) is 12.6. The van der Waals surface area contributed by atoms with Crippen molar-refractivity contribution in [3.8, 4) is 11.8 Å². The van der Waals surface area contributed by atoms with Crippen LogP contribution >= 0.6 is 31.9 Å². The molecular weight excluding hydrogens is 419 g/mol. The molecule has 0 bridgehead atoms. The summed E-state index contributed by atoms with van der Waals surface area (Å²) in [6, 6.07) is 0. The molecule has 0 unspecified atom stereocenters. The number of nitrogens with one attached hydrogen (secondary N) is 2. The Morgan fingerprint density at radius 2 is 1.27 bits per heavy atom. The van der Waals surface area contributed by atoms with E-state index in [9.17, 15) is 5.02 Å². The Morgan fingerprint density at radius 1 is 0.909 bits per heavy atom. The van der Waals surface area contributed by atoms with Crippen LogP contribution in [0.2, 0.25) is 0 Å². The Hall–Kier alpha value is -0.995. The first-order chi connectivity index (χ1) is 10.3. The highest BCUT2D eigenvalue weighted by Gasteiger charge is 2.28. The van der Waals surface area contributed by atoms with Crippen LogP contribution in [0.5, 0.6) is 11.8 Å². The van der Waals surface area contributed by atoms with E-state index in [-0.39, 0.29) is 23.6 Å². The van der Waals surface area contributed by atoms with Crippen molar-refractivity contribution in [2.45, 2.75) is 39.5 Å². The third-order valence-electron chi connectivity index (χ3n) is 2.98. The van der Waals surface area contributed by atoms with Crippen molar-refractivity contribution in [1.29, 1.82) is 0 Å². The molecule has 2 rings (SSSR count). The average molecular weight is 436 g/mol. The van der Waals surface area contributed by atoms with E-state index in [1.807, 2.05) is 27.7 Å². The summed E-state index contributed by atoms with van der Waals surface area (Å²) in [7, 11) is -1.53. The van der Waals surface area contributed by atoms with Gasteiger partial charge in [0.05, 0.1) is 11.4 Å². The van der Waals surface area contributed by atoms with Gasteiger partial charge in [0.2, 0.25) is 11.8 Å². The normalized spacial score (nSPS) is 11.3. The van der Waals surface area contributed by atoms with Crippen molar-refractivity contribution in [3.63, 3.8) is 0 Å². The maximum Gasteiger partial charge on any atom is 0.787 e. The van der Waals surface area contributed by atoms with Crippen LogP contribution in [-0.2, 0) is 0 Å². The first kappa shape index (κ1) is 17.4. The molecule has 3 N–H and O–H groups in total. The lowest BCUT2D eigenvalue weighted by molar-refractivity contribution is 0.286. The highest BCUT2D eigenvalue weighted by Crippen LogP contribution is 2.32. The molecular formula is C12H17BBr2N4O3. The smallest absolute Gasteiger partial charge is 0.484 e. The molecule has 2 aromatic heterocycles. The van der Waals surface area contributed by atoms with Crippen LogP contribution in [0.15, 0.2) is 8.95 Å². The van der Waals surface area contributed by atoms with Crippen LogP contribution in [0, 0.1) is 0 Å². The molecule has 0 fully saturated rings. The molecule has 22 heavy (non-hydrogen) atoms. The molecule has 0 aliphatic heterocycles. The van der Waals surface area contributed by atoms with Crippen LogP contribution in [0.4, 0.5) is 0 Å².